The molecule has 120 valence electrons. The zero-order valence-electron chi connectivity index (χ0n) is 12.1. The normalized spacial score (nSPS) is 16.6. The van der Waals surface area contributed by atoms with Gasteiger partial charge in [0.2, 0.25) is 0 Å². The van der Waals surface area contributed by atoms with E-state index in [1.54, 1.807) is 6.21 Å². The third-order valence-electron chi connectivity index (χ3n) is 3.13. The van der Waals surface area contributed by atoms with Crippen LogP contribution in [0.25, 0.3) is 6.08 Å². The lowest BCUT2D eigenvalue weighted by atomic mass is 10.2. The van der Waals surface area contributed by atoms with E-state index in [2.05, 4.69) is 37.0 Å². The van der Waals surface area contributed by atoms with Gasteiger partial charge in [-0.1, -0.05) is 67.9 Å². The summed E-state index contributed by atoms with van der Waals surface area (Å²) in [6, 6.07) is 15.4. The predicted molar refractivity (Wildman–Crippen MR) is 111 cm³/mol. The minimum absolute atomic E-state index is 0.207. The highest BCUT2D eigenvalue weighted by molar-refractivity contribution is 9.10. The molecule has 0 aromatic heterocycles. The summed E-state index contributed by atoms with van der Waals surface area (Å²) in [7, 11) is 0. The van der Waals surface area contributed by atoms with E-state index in [0.29, 0.717) is 9.23 Å². The predicted octanol–water partition coefficient (Wildman–Crippen LogP) is 5.45. The van der Waals surface area contributed by atoms with E-state index in [9.17, 15) is 4.79 Å². The molecular weight excluding hydrogens is 472 g/mol. The Hall–Kier alpha value is -1.28. The zero-order valence-corrected chi connectivity index (χ0v) is 17.0. The van der Waals surface area contributed by atoms with Crippen molar-refractivity contribution in [1.29, 1.82) is 0 Å². The van der Waals surface area contributed by atoms with Crippen molar-refractivity contribution in [2.75, 3.05) is 0 Å². The Kier molecular flexibility index (Phi) is 5.65. The van der Waals surface area contributed by atoms with Gasteiger partial charge in [0.05, 0.1) is 11.1 Å². The zero-order chi connectivity index (χ0) is 17.1. The Morgan fingerprint density at radius 3 is 2.08 bits per heavy atom. The van der Waals surface area contributed by atoms with Crippen molar-refractivity contribution in [2.45, 2.75) is 0 Å². The quantitative estimate of drug-likeness (QED) is 0.332. The van der Waals surface area contributed by atoms with Crippen LogP contribution < -0.4 is 0 Å². The molecule has 7 heteroatoms. The van der Waals surface area contributed by atoms with Gasteiger partial charge in [0.1, 0.15) is 0 Å². The maximum absolute atomic E-state index is 12.5. The lowest BCUT2D eigenvalue weighted by molar-refractivity contribution is -0.122. The maximum atomic E-state index is 12.5. The standard InChI is InChI=1S/C17H10Br2N2OS2/c18-13-5-1-11(2-6-13)9-15-16(22)21(17(23)24-15)20-10-12-3-7-14(19)8-4-12/h1-10H/b15-9-,20-10+. The third kappa shape index (κ3) is 4.22. The van der Waals surface area contributed by atoms with Crippen LogP contribution >= 0.6 is 55.8 Å². The highest BCUT2D eigenvalue weighted by atomic mass is 79.9. The second-order valence-corrected chi connectivity index (χ2v) is 8.35. The number of carbonyl (C=O) groups is 1. The van der Waals surface area contributed by atoms with E-state index < -0.39 is 0 Å². The number of hydrazone groups is 1. The van der Waals surface area contributed by atoms with E-state index in [1.165, 1.54) is 16.8 Å². The van der Waals surface area contributed by atoms with Gasteiger partial charge in [0.25, 0.3) is 5.91 Å². The molecule has 2 aromatic carbocycles. The molecule has 0 atom stereocenters. The lowest BCUT2D eigenvalue weighted by Gasteiger charge is -2.06. The van der Waals surface area contributed by atoms with E-state index >= 15 is 0 Å². The van der Waals surface area contributed by atoms with Gasteiger partial charge in [-0.15, -0.1) is 0 Å². The number of carbonyl (C=O) groups excluding carboxylic acids is 1. The van der Waals surface area contributed by atoms with E-state index in [1.807, 2.05) is 54.6 Å². The van der Waals surface area contributed by atoms with Crippen LogP contribution in [0.1, 0.15) is 11.1 Å². The Bertz CT molecular complexity index is 846. The fourth-order valence-corrected chi connectivity index (χ4v) is 3.64. The first-order valence-corrected chi connectivity index (χ1v) is 9.67. The van der Waals surface area contributed by atoms with Crippen LogP contribution in [0.2, 0.25) is 0 Å². The highest BCUT2D eigenvalue weighted by Gasteiger charge is 2.31. The van der Waals surface area contributed by atoms with Crippen LogP contribution in [0.3, 0.4) is 0 Å². The lowest BCUT2D eigenvalue weighted by Crippen LogP contribution is -2.22. The number of nitrogens with zero attached hydrogens (tertiary/aromatic N) is 2. The van der Waals surface area contributed by atoms with Crippen molar-refractivity contribution in [3.05, 3.63) is 73.5 Å². The Morgan fingerprint density at radius 2 is 1.50 bits per heavy atom. The van der Waals surface area contributed by atoms with Crippen LogP contribution in [-0.2, 0) is 4.79 Å². The third-order valence-corrected chi connectivity index (χ3v) is 5.47. The number of thioether (sulfide) groups is 1. The number of thiocarbonyl (C=S) groups is 1. The van der Waals surface area contributed by atoms with Gasteiger partial charge in [0, 0.05) is 8.95 Å². The smallest absolute Gasteiger partial charge is 0.266 e. The van der Waals surface area contributed by atoms with Crippen molar-refractivity contribution < 1.29 is 4.79 Å². The molecule has 0 N–H and O–H groups in total. The fraction of sp³-hybridized carbons (Fsp3) is 0. The Morgan fingerprint density at radius 1 is 0.958 bits per heavy atom. The Balaban J connectivity index is 1.78. The molecule has 1 aliphatic rings. The first-order valence-electron chi connectivity index (χ1n) is 6.86. The summed E-state index contributed by atoms with van der Waals surface area (Å²) in [6.45, 7) is 0. The molecule has 0 unspecified atom stereocenters. The molecule has 24 heavy (non-hydrogen) atoms. The number of benzene rings is 2. The molecule has 1 saturated heterocycles. The summed E-state index contributed by atoms with van der Waals surface area (Å²) in [5.41, 5.74) is 1.83. The second kappa shape index (κ2) is 7.74. The monoisotopic (exact) mass is 480 g/mol. The largest absolute Gasteiger partial charge is 0.286 e. The van der Waals surface area contributed by atoms with Gasteiger partial charge >= 0.3 is 0 Å². The Labute approximate surface area is 166 Å². The molecular formula is C17H10Br2N2OS2. The van der Waals surface area contributed by atoms with Gasteiger partial charge in [0.15, 0.2) is 4.32 Å². The average molecular weight is 482 g/mol. The van der Waals surface area contributed by atoms with Crippen LogP contribution in [-0.4, -0.2) is 21.5 Å². The number of hydrogen-bond donors (Lipinski definition) is 0. The number of rotatable bonds is 3. The average Bonchev–Trinajstić information content (AvgIpc) is 2.83. The van der Waals surface area contributed by atoms with E-state index in [-0.39, 0.29) is 5.91 Å². The molecule has 2 aromatic rings. The molecule has 1 aliphatic heterocycles. The fourth-order valence-electron chi connectivity index (χ4n) is 1.94. The molecule has 1 amide bonds. The topological polar surface area (TPSA) is 32.7 Å². The van der Waals surface area contributed by atoms with E-state index in [0.717, 1.165) is 20.1 Å². The first kappa shape index (κ1) is 17.5. The molecule has 0 radical (unpaired) electrons. The van der Waals surface area contributed by atoms with Crippen molar-refractivity contribution in [3.8, 4) is 0 Å². The summed E-state index contributed by atoms with van der Waals surface area (Å²) in [5, 5.41) is 5.48. The van der Waals surface area contributed by atoms with Crippen LogP contribution in [0.4, 0.5) is 0 Å². The summed E-state index contributed by atoms with van der Waals surface area (Å²) >= 11 is 13.3. The number of halogens is 2. The van der Waals surface area contributed by atoms with Gasteiger partial charge in [-0.2, -0.15) is 10.1 Å². The highest BCUT2D eigenvalue weighted by Crippen LogP contribution is 2.32. The molecule has 0 aliphatic carbocycles. The van der Waals surface area contributed by atoms with Crippen LogP contribution in [0.15, 0.2) is 67.5 Å². The molecule has 3 nitrogen and oxygen atoms in total. The maximum Gasteiger partial charge on any atom is 0.286 e. The molecule has 1 heterocycles. The summed E-state index contributed by atoms with van der Waals surface area (Å²) in [6.07, 6.45) is 3.45. The van der Waals surface area contributed by atoms with Crippen LogP contribution in [0.5, 0.6) is 0 Å². The molecule has 1 fully saturated rings. The van der Waals surface area contributed by atoms with E-state index in [4.69, 9.17) is 12.2 Å². The molecule has 0 spiro atoms. The van der Waals surface area contributed by atoms with Crippen molar-refractivity contribution in [2.24, 2.45) is 5.10 Å². The summed E-state index contributed by atoms with van der Waals surface area (Å²) in [5.74, 6) is -0.207. The van der Waals surface area contributed by atoms with Crippen molar-refractivity contribution >= 4 is 78.4 Å². The van der Waals surface area contributed by atoms with Crippen molar-refractivity contribution in [1.82, 2.24) is 5.01 Å². The van der Waals surface area contributed by atoms with Gasteiger partial charge in [-0.05, 0) is 53.7 Å². The van der Waals surface area contributed by atoms with Gasteiger partial charge < -0.3 is 0 Å². The SMILES string of the molecule is O=C1/C(=C/c2ccc(Br)cc2)SC(=S)N1/N=C/c1ccc(Br)cc1. The molecule has 3 rings (SSSR count). The van der Waals surface area contributed by atoms with Gasteiger partial charge in [-0.25, -0.2) is 0 Å². The minimum atomic E-state index is -0.207. The molecule has 0 saturated carbocycles. The first-order chi connectivity index (χ1) is 11.5. The second-order valence-electron chi connectivity index (χ2n) is 4.84. The van der Waals surface area contributed by atoms with Gasteiger partial charge in [-0.3, -0.25) is 4.79 Å². The minimum Gasteiger partial charge on any atom is -0.266 e. The number of hydrogen-bond acceptors (Lipinski definition) is 4. The summed E-state index contributed by atoms with van der Waals surface area (Å²) < 4.78 is 2.41. The molecule has 0 bridgehead atoms. The van der Waals surface area contributed by atoms with Crippen LogP contribution in [0, 0.1) is 0 Å². The van der Waals surface area contributed by atoms with Crippen molar-refractivity contribution in [3.63, 3.8) is 0 Å². The summed E-state index contributed by atoms with van der Waals surface area (Å²) in [4.78, 5) is 13.0. The number of amides is 1.